The lowest BCUT2D eigenvalue weighted by Crippen LogP contribution is -2.31. The van der Waals surface area contributed by atoms with E-state index in [0.717, 1.165) is 71.3 Å². The Hall–Kier alpha value is -4.90. The van der Waals surface area contributed by atoms with Crippen molar-refractivity contribution in [2.24, 2.45) is 5.92 Å². The zero-order valence-electron chi connectivity index (χ0n) is 24.9. The summed E-state index contributed by atoms with van der Waals surface area (Å²) < 4.78 is 15.0. The Morgan fingerprint density at radius 1 is 1.11 bits per heavy atom. The number of fused-ring (bicyclic) bond motifs is 2. The standard InChI is InChI=1S/C33H36FN9O/c1-20(2)28-19-39-43-30(28)41-32(37-17-22-10-13-35-14-11-22)42-33(43)38-18-24-6-4-5-7-26(24)29-27-9-8-25(40-31(44)21(3)34)16-23(27)12-15-36-29/h4-9,12,15-16,19-20,22,35H,3,10-11,13-14,17-18H2,1-2H3,(H,40,44)(H2,37,38,41,42). The van der Waals surface area contributed by atoms with E-state index in [1.165, 1.54) is 0 Å². The monoisotopic (exact) mass is 593 g/mol. The number of nitrogens with zero attached hydrogens (tertiary/aromatic N) is 5. The number of carbonyl (C=O) groups excluding carboxylic acids is 1. The summed E-state index contributed by atoms with van der Waals surface area (Å²) in [4.78, 5) is 26.2. The third-order valence-corrected chi connectivity index (χ3v) is 8.00. The predicted molar refractivity (Wildman–Crippen MR) is 172 cm³/mol. The maximum Gasteiger partial charge on any atom is 0.283 e. The number of pyridine rings is 1. The minimum atomic E-state index is -1.04. The maximum atomic E-state index is 13.2. The van der Waals surface area contributed by atoms with Crippen molar-refractivity contribution in [3.8, 4) is 11.3 Å². The highest BCUT2D eigenvalue weighted by molar-refractivity contribution is 6.04. The van der Waals surface area contributed by atoms with Crippen molar-refractivity contribution >= 4 is 39.9 Å². The van der Waals surface area contributed by atoms with Gasteiger partial charge in [-0.2, -0.15) is 19.6 Å². The lowest BCUT2D eigenvalue weighted by Gasteiger charge is -2.22. The van der Waals surface area contributed by atoms with Crippen LogP contribution in [0.25, 0.3) is 27.7 Å². The number of benzene rings is 2. The molecule has 6 rings (SSSR count). The van der Waals surface area contributed by atoms with Crippen LogP contribution in [0.15, 0.2) is 73.3 Å². The zero-order chi connectivity index (χ0) is 30.6. The molecule has 3 aromatic heterocycles. The summed E-state index contributed by atoms with van der Waals surface area (Å²) in [5.41, 5.74) is 5.10. The highest BCUT2D eigenvalue weighted by Gasteiger charge is 2.18. The molecule has 4 N–H and O–H groups in total. The number of hydrogen-bond donors (Lipinski definition) is 4. The van der Waals surface area contributed by atoms with Crippen LogP contribution in [0.3, 0.4) is 0 Å². The summed E-state index contributed by atoms with van der Waals surface area (Å²) >= 11 is 0. The molecule has 1 saturated heterocycles. The van der Waals surface area contributed by atoms with E-state index >= 15 is 0 Å². The van der Waals surface area contributed by atoms with E-state index in [1.807, 2.05) is 36.5 Å². The SMILES string of the molecule is C=C(F)C(=O)Nc1ccc2c(-c3ccccc3CNc3nc(NCC4CCNCC4)nc4c(C(C)C)cnn34)nccc2c1. The van der Waals surface area contributed by atoms with Crippen molar-refractivity contribution in [2.75, 3.05) is 35.6 Å². The first-order valence-electron chi connectivity index (χ1n) is 14.9. The van der Waals surface area contributed by atoms with Crippen LogP contribution < -0.4 is 21.3 Å². The molecule has 0 spiro atoms. The molecule has 0 unspecified atom stereocenters. The van der Waals surface area contributed by atoms with Gasteiger partial charge >= 0.3 is 0 Å². The fourth-order valence-electron chi connectivity index (χ4n) is 5.57. The van der Waals surface area contributed by atoms with Crippen LogP contribution in [0.5, 0.6) is 0 Å². The summed E-state index contributed by atoms with van der Waals surface area (Å²) in [6.07, 6.45) is 5.86. The number of hydrogen-bond acceptors (Lipinski definition) is 8. The molecular formula is C33H36FN9O. The number of amides is 1. The Kier molecular flexibility index (Phi) is 8.47. The molecule has 0 bridgehead atoms. The molecule has 1 fully saturated rings. The van der Waals surface area contributed by atoms with Crippen molar-refractivity contribution in [3.63, 3.8) is 0 Å². The van der Waals surface area contributed by atoms with Crippen molar-refractivity contribution < 1.29 is 9.18 Å². The molecule has 10 nitrogen and oxygen atoms in total. The van der Waals surface area contributed by atoms with E-state index in [2.05, 4.69) is 52.9 Å². The number of rotatable bonds is 10. The molecule has 5 aromatic rings. The lowest BCUT2D eigenvalue weighted by molar-refractivity contribution is -0.114. The maximum absolute atomic E-state index is 13.2. The number of piperidine rings is 1. The molecule has 0 aliphatic carbocycles. The minimum absolute atomic E-state index is 0.260. The van der Waals surface area contributed by atoms with Gasteiger partial charge in [-0.1, -0.05) is 50.8 Å². The topological polar surface area (TPSA) is 121 Å². The first-order chi connectivity index (χ1) is 21.4. The van der Waals surface area contributed by atoms with Gasteiger partial charge in [-0.15, -0.1) is 0 Å². The zero-order valence-corrected chi connectivity index (χ0v) is 24.9. The highest BCUT2D eigenvalue weighted by Crippen LogP contribution is 2.31. The van der Waals surface area contributed by atoms with Crippen molar-refractivity contribution in [3.05, 3.63) is 84.5 Å². The molecule has 2 aromatic carbocycles. The predicted octanol–water partition coefficient (Wildman–Crippen LogP) is 5.91. The molecule has 4 heterocycles. The molecule has 0 atom stereocenters. The van der Waals surface area contributed by atoms with Gasteiger partial charge in [-0.3, -0.25) is 9.78 Å². The van der Waals surface area contributed by atoms with E-state index in [4.69, 9.17) is 15.0 Å². The summed E-state index contributed by atoms with van der Waals surface area (Å²) in [6, 6.07) is 15.3. The highest BCUT2D eigenvalue weighted by atomic mass is 19.1. The molecule has 0 saturated carbocycles. The smallest absolute Gasteiger partial charge is 0.283 e. The molecule has 1 aliphatic rings. The molecule has 0 radical (unpaired) electrons. The van der Waals surface area contributed by atoms with Crippen LogP contribution in [0.2, 0.25) is 0 Å². The summed E-state index contributed by atoms with van der Waals surface area (Å²) in [6.45, 7) is 10.7. The summed E-state index contributed by atoms with van der Waals surface area (Å²) in [5.74, 6) is 0.126. The Morgan fingerprint density at radius 3 is 2.73 bits per heavy atom. The van der Waals surface area contributed by atoms with Crippen LogP contribution in [0.4, 0.5) is 22.0 Å². The van der Waals surface area contributed by atoms with E-state index in [9.17, 15) is 9.18 Å². The van der Waals surface area contributed by atoms with Crippen LogP contribution >= 0.6 is 0 Å². The van der Waals surface area contributed by atoms with E-state index in [-0.39, 0.29) is 5.92 Å². The third-order valence-electron chi connectivity index (χ3n) is 8.00. The Morgan fingerprint density at radius 2 is 1.93 bits per heavy atom. The normalized spacial score (nSPS) is 13.8. The molecule has 44 heavy (non-hydrogen) atoms. The number of carbonyl (C=O) groups is 1. The van der Waals surface area contributed by atoms with Crippen LogP contribution in [0.1, 0.15) is 43.7 Å². The van der Waals surface area contributed by atoms with Gasteiger partial charge in [0.05, 0.1) is 11.9 Å². The number of aromatic nitrogens is 5. The van der Waals surface area contributed by atoms with Gasteiger partial charge < -0.3 is 21.3 Å². The van der Waals surface area contributed by atoms with Crippen molar-refractivity contribution in [1.82, 2.24) is 29.9 Å². The Balaban J connectivity index is 1.29. The average Bonchev–Trinajstić information content (AvgIpc) is 3.47. The van der Waals surface area contributed by atoms with E-state index in [1.54, 1.807) is 22.8 Å². The summed E-state index contributed by atoms with van der Waals surface area (Å²) in [7, 11) is 0. The molecule has 226 valence electrons. The van der Waals surface area contributed by atoms with Gasteiger partial charge in [0.1, 0.15) is 0 Å². The second-order valence-electron chi connectivity index (χ2n) is 11.4. The van der Waals surface area contributed by atoms with Crippen LogP contribution in [-0.4, -0.2) is 50.1 Å². The largest absolute Gasteiger partial charge is 0.354 e. The average molecular weight is 594 g/mol. The first-order valence-corrected chi connectivity index (χ1v) is 14.9. The quantitative estimate of drug-likeness (QED) is 0.148. The third kappa shape index (κ3) is 6.23. The van der Waals surface area contributed by atoms with Crippen molar-refractivity contribution in [1.29, 1.82) is 0 Å². The molecular weight excluding hydrogens is 557 g/mol. The second kappa shape index (κ2) is 12.8. The van der Waals surface area contributed by atoms with Gasteiger partial charge in [0.25, 0.3) is 5.91 Å². The molecule has 1 amide bonds. The minimum Gasteiger partial charge on any atom is -0.354 e. The fraction of sp³-hybridized carbons (Fsp3) is 0.303. The van der Waals surface area contributed by atoms with Gasteiger partial charge in [-0.25, -0.2) is 4.39 Å². The summed E-state index contributed by atoms with van der Waals surface area (Å²) in [5, 5.41) is 19.3. The number of anilines is 3. The first kappa shape index (κ1) is 29.2. The number of halogens is 1. The Labute approximate surface area is 255 Å². The van der Waals surface area contributed by atoms with Gasteiger partial charge in [0.2, 0.25) is 11.9 Å². The lowest BCUT2D eigenvalue weighted by atomic mass is 9.98. The second-order valence-corrected chi connectivity index (χ2v) is 11.4. The fourth-order valence-corrected chi connectivity index (χ4v) is 5.57. The number of nitrogens with one attached hydrogen (secondary N) is 4. The van der Waals surface area contributed by atoms with Gasteiger partial charge in [-0.05, 0) is 66.9 Å². The molecule has 1 aliphatic heterocycles. The van der Waals surface area contributed by atoms with Gasteiger partial charge in [0, 0.05) is 41.5 Å². The van der Waals surface area contributed by atoms with Crippen LogP contribution in [-0.2, 0) is 11.3 Å². The molecule has 11 heteroatoms. The van der Waals surface area contributed by atoms with Crippen LogP contribution in [0, 0.1) is 5.92 Å². The Bertz CT molecular complexity index is 1830. The van der Waals surface area contributed by atoms with Crippen molar-refractivity contribution in [2.45, 2.75) is 39.2 Å². The van der Waals surface area contributed by atoms with E-state index in [0.29, 0.717) is 30.0 Å². The van der Waals surface area contributed by atoms with Gasteiger partial charge in [0.15, 0.2) is 11.5 Å². The van der Waals surface area contributed by atoms with E-state index < -0.39 is 11.7 Å².